The molecule has 0 aliphatic carbocycles. The van der Waals surface area contributed by atoms with E-state index in [2.05, 4.69) is 36.1 Å². The standard InChI is InChI=1S/C12H17N.2C2H6/c1-11-6-5-7-12(10-11)13-8-3-2-4-9-13;2*1-2/h5-7,10H,2-4,8-9H2,1H3;2*1-2H3. The molecule has 0 bridgehead atoms. The van der Waals surface area contributed by atoms with E-state index in [0.717, 1.165) is 0 Å². The molecule has 1 aromatic rings. The molecule has 1 heteroatoms. The quantitative estimate of drug-likeness (QED) is 0.659. The van der Waals surface area contributed by atoms with Crippen LogP contribution in [0.15, 0.2) is 24.3 Å². The van der Waals surface area contributed by atoms with E-state index in [1.54, 1.807) is 0 Å². The van der Waals surface area contributed by atoms with Gasteiger partial charge in [0, 0.05) is 18.8 Å². The molecule has 0 atom stereocenters. The molecule has 1 aliphatic heterocycles. The van der Waals surface area contributed by atoms with E-state index in [-0.39, 0.29) is 0 Å². The molecule has 1 heterocycles. The molecule has 0 saturated carbocycles. The molecule has 0 aromatic heterocycles. The van der Waals surface area contributed by atoms with Crippen LogP contribution in [0, 0.1) is 6.92 Å². The molecule has 0 unspecified atom stereocenters. The van der Waals surface area contributed by atoms with Gasteiger partial charge in [0.2, 0.25) is 0 Å². The summed E-state index contributed by atoms with van der Waals surface area (Å²) in [7, 11) is 0. The fourth-order valence-electron chi connectivity index (χ4n) is 1.98. The predicted molar refractivity (Wildman–Crippen MR) is 79.9 cm³/mol. The van der Waals surface area contributed by atoms with Gasteiger partial charge in [0.15, 0.2) is 0 Å². The summed E-state index contributed by atoms with van der Waals surface area (Å²) in [5, 5.41) is 0. The second-order valence-electron chi connectivity index (χ2n) is 3.89. The highest BCUT2D eigenvalue weighted by atomic mass is 15.1. The maximum absolute atomic E-state index is 2.50. The van der Waals surface area contributed by atoms with Gasteiger partial charge in [-0.1, -0.05) is 39.8 Å². The van der Waals surface area contributed by atoms with Crippen LogP contribution in [0.25, 0.3) is 0 Å². The molecule has 1 fully saturated rings. The van der Waals surface area contributed by atoms with Crippen LogP contribution < -0.4 is 4.90 Å². The van der Waals surface area contributed by atoms with E-state index in [9.17, 15) is 0 Å². The smallest absolute Gasteiger partial charge is 0.0368 e. The van der Waals surface area contributed by atoms with Gasteiger partial charge in [0.05, 0.1) is 0 Å². The summed E-state index contributed by atoms with van der Waals surface area (Å²) < 4.78 is 0. The molecule has 2 rings (SSSR count). The number of aryl methyl sites for hydroxylation is 1. The van der Waals surface area contributed by atoms with Gasteiger partial charge in [-0.15, -0.1) is 0 Å². The fraction of sp³-hybridized carbons (Fsp3) is 0.625. The van der Waals surface area contributed by atoms with Crippen molar-refractivity contribution >= 4 is 5.69 Å². The molecule has 0 radical (unpaired) electrons. The van der Waals surface area contributed by atoms with Gasteiger partial charge >= 0.3 is 0 Å². The van der Waals surface area contributed by atoms with Crippen LogP contribution in [0.1, 0.15) is 52.5 Å². The number of rotatable bonds is 1. The van der Waals surface area contributed by atoms with Crippen LogP contribution in [0.4, 0.5) is 5.69 Å². The zero-order chi connectivity index (χ0) is 13.1. The van der Waals surface area contributed by atoms with Crippen LogP contribution in [0.3, 0.4) is 0 Å². The minimum Gasteiger partial charge on any atom is -0.372 e. The normalized spacial score (nSPS) is 14.1. The van der Waals surface area contributed by atoms with Gasteiger partial charge in [0.1, 0.15) is 0 Å². The SMILES string of the molecule is CC.CC.Cc1cccc(N2CCCCC2)c1. The van der Waals surface area contributed by atoms with Gasteiger partial charge in [0.25, 0.3) is 0 Å². The molecular formula is C16H29N. The number of piperidine rings is 1. The van der Waals surface area contributed by atoms with Gasteiger partial charge in [-0.05, 0) is 43.9 Å². The number of anilines is 1. The second-order valence-corrected chi connectivity index (χ2v) is 3.89. The zero-order valence-corrected chi connectivity index (χ0v) is 12.3. The van der Waals surface area contributed by atoms with Crippen molar-refractivity contribution in [2.75, 3.05) is 18.0 Å². The van der Waals surface area contributed by atoms with Gasteiger partial charge in [-0.3, -0.25) is 0 Å². The molecule has 17 heavy (non-hydrogen) atoms. The van der Waals surface area contributed by atoms with Crippen LogP contribution in [-0.4, -0.2) is 13.1 Å². The molecular weight excluding hydrogens is 206 g/mol. The minimum absolute atomic E-state index is 1.24. The highest BCUT2D eigenvalue weighted by molar-refractivity contribution is 5.48. The Morgan fingerprint density at radius 1 is 0.882 bits per heavy atom. The van der Waals surface area contributed by atoms with E-state index in [0.29, 0.717) is 0 Å². The Bertz CT molecular complexity index is 275. The topological polar surface area (TPSA) is 3.24 Å². The molecule has 0 N–H and O–H groups in total. The first kappa shape index (κ1) is 16.0. The van der Waals surface area contributed by atoms with E-state index in [4.69, 9.17) is 0 Å². The summed E-state index contributed by atoms with van der Waals surface area (Å²) in [6, 6.07) is 8.82. The Morgan fingerprint density at radius 2 is 1.47 bits per heavy atom. The Labute approximate surface area is 108 Å². The average Bonchev–Trinajstić information content (AvgIpc) is 2.44. The lowest BCUT2D eigenvalue weighted by atomic mass is 10.1. The lowest BCUT2D eigenvalue weighted by Crippen LogP contribution is -2.29. The van der Waals surface area contributed by atoms with E-state index in [1.807, 2.05) is 27.7 Å². The number of benzene rings is 1. The molecule has 0 spiro atoms. The van der Waals surface area contributed by atoms with E-state index < -0.39 is 0 Å². The van der Waals surface area contributed by atoms with E-state index >= 15 is 0 Å². The third kappa shape index (κ3) is 5.76. The summed E-state index contributed by atoms with van der Waals surface area (Å²) in [5.41, 5.74) is 2.77. The van der Waals surface area contributed by atoms with Crippen molar-refractivity contribution in [3.8, 4) is 0 Å². The molecule has 1 nitrogen and oxygen atoms in total. The molecule has 1 aliphatic rings. The highest BCUT2D eigenvalue weighted by Gasteiger charge is 2.09. The van der Waals surface area contributed by atoms with Crippen molar-refractivity contribution in [3.63, 3.8) is 0 Å². The van der Waals surface area contributed by atoms with E-state index in [1.165, 1.54) is 43.6 Å². The second kappa shape index (κ2) is 10.2. The van der Waals surface area contributed by atoms with Crippen molar-refractivity contribution < 1.29 is 0 Å². The number of hydrogen-bond acceptors (Lipinski definition) is 1. The summed E-state index contributed by atoms with van der Waals surface area (Å²) in [6.07, 6.45) is 4.12. The molecule has 1 saturated heterocycles. The minimum atomic E-state index is 1.24. The van der Waals surface area contributed by atoms with Crippen LogP contribution in [0.5, 0.6) is 0 Å². The van der Waals surface area contributed by atoms with Crippen LogP contribution >= 0.6 is 0 Å². The lowest BCUT2D eigenvalue weighted by Gasteiger charge is -2.28. The van der Waals surface area contributed by atoms with Crippen LogP contribution in [-0.2, 0) is 0 Å². The Hall–Kier alpha value is -0.980. The average molecular weight is 235 g/mol. The molecule has 0 amide bonds. The highest BCUT2D eigenvalue weighted by Crippen LogP contribution is 2.20. The third-order valence-corrected chi connectivity index (χ3v) is 2.72. The molecule has 98 valence electrons. The summed E-state index contributed by atoms with van der Waals surface area (Å²) >= 11 is 0. The fourth-order valence-corrected chi connectivity index (χ4v) is 1.98. The lowest BCUT2D eigenvalue weighted by molar-refractivity contribution is 0.578. The maximum atomic E-state index is 2.50. The Balaban J connectivity index is 0.000000581. The summed E-state index contributed by atoms with van der Waals surface area (Å²) in [5.74, 6) is 0. The summed E-state index contributed by atoms with van der Waals surface area (Å²) in [4.78, 5) is 2.50. The number of hydrogen-bond donors (Lipinski definition) is 0. The monoisotopic (exact) mass is 235 g/mol. The summed E-state index contributed by atoms with van der Waals surface area (Å²) in [6.45, 7) is 12.6. The largest absolute Gasteiger partial charge is 0.372 e. The third-order valence-electron chi connectivity index (χ3n) is 2.72. The van der Waals surface area contributed by atoms with Crippen LogP contribution in [0.2, 0.25) is 0 Å². The van der Waals surface area contributed by atoms with Crippen molar-refractivity contribution in [1.29, 1.82) is 0 Å². The van der Waals surface area contributed by atoms with Crippen molar-refractivity contribution in [1.82, 2.24) is 0 Å². The van der Waals surface area contributed by atoms with Gasteiger partial charge < -0.3 is 4.90 Å². The first-order valence-corrected chi connectivity index (χ1v) is 7.18. The number of nitrogens with zero attached hydrogens (tertiary/aromatic N) is 1. The Kier molecular flexibility index (Phi) is 9.60. The zero-order valence-electron chi connectivity index (χ0n) is 12.3. The van der Waals surface area contributed by atoms with Crippen molar-refractivity contribution in [3.05, 3.63) is 29.8 Å². The molecule has 1 aromatic carbocycles. The van der Waals surface area contributed by atoms with Crippen molar-refractivity contribution in [2.45, 2.75) is 53.9 Å². The maximum Gasteiger partial charge on any atom is 0.0368 e. The first-order valence-electron chi connectivity index (χ1n) is 7.18. The first-order chi connectivity index (χ1) is 8.36. The predicted octanol–water partition coefficient (Wildman–Crippen LogP) is 5.04. The van der Waals surface area contributed by atoms with Gasteiger partial charge in [-0.2, -0.15) is 0 Å². The van der Waals surface area contributed by atoms with Crippen molar-refractivity contribution in [2.24, 2.45) is 0 Å². The Morgan fingerprint density at radius 3 is 2.00 bits per heavy atom. The van der Waals surface area contributed by atoms with Gasteiger partial charge in [-0.25, -0.2) is 0 Å².